The molecule has 22 heavy (non-hydrogen) atoms. The third-order valence-corrected chi connectivity index (χ3v) is 7.92. The third kappa shape index (κ3) is 3.00. The Morgan fingerprint density at radius 2 is 1.23 bits per heavy atom. The Balaban J connectivity index is 2.63. The Kier molecular flexibility index (Phi) is 4.05. The van der Waals surface area contributed by atoms with E-state index in [1.165, 1.54) is 0 Å². The first kappa shape index (κ1) is 16.5. The second kappa shape index (κ2) is 5.40. The average molecular weight is 328 g/mol. The molecular formula is C16H16F3O2P. The molecule has 2 nitrogen and oxygen atoms in total. The molecule has 0 aliphatic heterocycles. The van der Waals surface area contributed by atoms with Crippen LogP contribution in [0.15, 0.2) is 60.7 Å². The Bertz CT molecular complexity index is 623. The van der Waals surface area contributed by atoms with Gasteiger partial charge in [0.15, 0.2) is 0 Å². The number of halogens is 3. The molecule has 2 aromatic carbocycles. The van der Waals surface area contributed by atoms with E-state index in [0.717, 1.165) is 0 Å². The van der Waals surface area contributed by atoms with Gasteiger partial charge in [0.25, 0.3) is 0 Å². The first-order valence-electron chi connectivity index (χ1n) is 6.57. The molecule has 0 aromatic heterocycles. The number of carbonyl (C=O) groups is 1. The van der Waals surface area contributed by atoms with Crippen LogP contribution in [0.2, 0.25) is 0 Å². The van der Waals surface area contributed by atoms with E-state index in [2.05, 4.69) is 0 Å². The summed E-state index contributed by atoms with van der Waals surface area (Å²) in [5, 5.41) is 1.16. The van der Waals surface area contributed by atoms with Crippen LogP contribution in [-0.2, 0) is 9.32 Å². The molecule has 0 spiro atoms. The zero-order valence-corrected chi connectivity index (χ0v) is 13.1. The van der Waals surface area contributed by atoms with Crippen molar-refractivity contribution in [1.29, 1.82) is 0 Å². The summed E-state index contributed by atoms with van der Waals surface area (Å²) >= 11 is 0. The third-order valence-electron chi connectivity index (χ3n) is 3.60. The summed E-state index contributed by atoms with van der Waals surface area (Å²) < 4.78 is 43.3. The normalized spacial score (nSPS) is 14.0. The van der Waals surface area contributed by atoms with Gasteiger partial charge >= 0.3 is 126 Å². The molecule has 0 aliphatic rings. The second-order valence-electron chi connectivity index (χ2n) is 5.55. The van der Waals surface area contributed by atoms with E-state index >= 15 is 0 Å². The molecule has 118 valence electrons. The average Bonchev–Trinajstić information content (AvgIpc) is 2.48. The fraction of sp³-hybridized carbons (Fsp3) is 0.188. The number of benzene rings is 2. The van der Waals surface area contributed by atoms with Gasteiger partial charge in [0.1, 0.15) is 0 Å². The Labute approximate surface area is 126 Å². The van der Waals surface area contributed by atoms with Gasteiger partial charge in [-0.15, -0.1) is 0 Å². The van der Waals surface area contributed by atoms with Gasteiger partial charge in [-0.1, -0.05) is 0 Å². The Morgan fingerprint density at radius 3 is 1.55 bits per heavy atom. The van der Waals surface area contributed by atoms with Crippen LogP contribution in [-0.4, -0.2) is 25.5 Å². The number of hydrogen-bond acceptors (Lipinski definition) is 2. The van der Waals surface area contributed by atoms with Crippen molar-refractivity contribution in [3.05, 3.63) is 60.7 Å². The summed E-state index contributed by atoms with van der Waals surface area (Å²) in [4.78, 5) is 11.5. The molecule has 0 radical (unpaired) electrons. The molecule has 2 aromatic rings. The van der Waals surface area contributed by atoms with Gasteiger partial charge in [-0.25, -0.2) is 0 Å². The van der Waals surface area contributed by atoms with Crippen molar-refractivity contribution >= 4 is 23.4 Å². The maximum atomic E-state index is 12.7. The predicted octanol–water partition coefficient (Wildman–Crippen LogP) is 3.47. The molecule has 6 heteroatoms. The topological polar surface area (TPSA) is 26.3 Å². The van der Waals surface area contributed by atoms with E-state index in [1.54, 1.807) is 74.0 Å². The minimum absolute atomic E-state index is 0.581. The van der Waals surface area contributed by atoms with Crippen LogP contribution in [0.5, 0.6) is 0 Å². The second-order valence-corrected chi connectivity index (χ2v) is 10.8. The molecule has 0 saturated heterocycles. The Morgan fingerprint density at radius 1 is 0.864 bits per heavy atom. The van der Waals surface area contributed by atoms with Gasteiger partial charge in [-0.05, 0) is 0 Å². The zero-order valence-electron chi connectivity index (χ0n) is 12.2. The standard InChI is InChI=1S/C16H16F3O2P/c1-22(2,13-9-5-3-6-10-13,14-11-7-4-8-12-14)21-15(20)16(17,18)19/h3-12H,1-2H3. The zero-order chi connectivity index (χ0) is 16.5. The minimum atomic E-state index is -5.03. The first-order valence-corrected chi connectivity index (χ1v) is 9.62. The van der Waals surface area contributed by atoms with E-state index in [0.29, 0.717) is 10.6 Å². The molecule has 0 atom stereocenters. The SMILES string of the molecule is CP(C)(OC(=O)C(F)(F)F)(c1ccccc1)c1ccccc1. The first-order chi connectivity index (χ1) is 10.1. The molecular weight excluding hydrogens is 312 g/mol. The number of alkyl halides is 3. The van der Waals surface area contributed by atoms with Crippen molar-refractivity contribution in [2.24, 2.45) is 0 Å². The van der Waals surface area contributed by atoms with Crippen molar-refractivity contribution in [2.75, 3.05) is 13.3 Å². The molecule has 0 saturated carbocycles. The van der Waals surface area contributed by atoms with Gasteiger partial charge in [0, 0.05) is 0 Å². The summed E-state index contributed by atoms with van der Waals surface area (Å²) in [5.41, 5.74) is 0. The summed E-state index contributed by atoms with van der Waals surface area (Å²) in [6, 6.07) is 17.1. The molecule has 0 bridgehead atoms. The summed E-state index contributed by atoms with van der Waals surface area (Å²) in [5.74, 6) is -2.16. The quantitative estimate of drug-likeness (QED) is 0.807. The number of carbonyl (C=O) groups excluding carboxylic acids is 1. The van der Waals surface area contributed by atoms with Gasteiger partial charge in [-0.3, -0.25) is 0 Å². The van der Waals surface area contributed by atoms with Crippen LogP contribution >= 0.6 is 6.83 Å². The van der Waals surface area contributed by atoms with E-state index < -0.39 is 19.0 Å². The van der Waals surface area contributed by atoms with Crippen LogP contribution in [0.4, 0.5) is 13.2 Å². The van der Waals surface area contributed by atoms with Crippen LogP contribution in [0.3, 0.4) is 0 Å². The molecule has 0 amide bonds. The van der Waals surface area contributed by atoms with Gasteiger partial charge in [0.05, 0.1) is 0 Å². The van der Waals surface area contributed by atoms with Gasteiger partial charge < -0.3 is 0 Å². The van der Waals surface area contributed by atoms with Crippen LogP contribution in [0.1, 0.15) is 0 Å². The van der Waals surface area contributed by atoms with Crippen molar-refractivity contribution in [3.63, 3.8) is 0 Å². The van der Waals surface area contributed by atoms with E-state index in [9.17, 15) is 18.0 Å². The van der Waals surface area contributed by atoms with Crippen LogP contribution in [0, 0.1) is 0 Å². The fourth-order valence-electron chi connectivity index (χ4n) is 2.28. The number of hydrogen-bond donors (Lipinski definition) is 0. The maximum absolute atomic E-state index is 12.7. The van der Waals surface area contributed by atoms with Crippen LogP contribution < -0.4 is 10.6 Å². The van der Waals surface area contributed by atoms with Crippen molar-refractivity contribution < 1.29 is 22.5 Å². The van der Waals surface area contributed by atoms with Crippen molar-refractivity contribution in [2.45, 2.75) is 6.18 Å². The van der Waals surface area contributed by atoms with Gasteiger partial charge in [0.2, 0.25) is 0 Å². The molecule has 0 unspecified atom stereocenters. The van der Waals surface area contributed by atoms with E-state index in [1.807, 2.05) is 0 Å². The Hall–Kier alpha value is -1.87. The molecule has 0 N–H and O–H groups in total. The van der Waals surface area contributed by atoms with Crippen molar-refractivity contribution in [3.8, 4) is 0 Å². The number of rotatable bonds is 3. The van der Waals surface area contributed by atoms with Crippen LogP contribution in [0.25, 0.3) is 0 Å². The fourth-order valence-corrected chi connectivity index (χ4v) is 5.47. The summed E-state index contributed by atoms with van der Waals surface area (Å²) in [7, 11) is 0. The molecule has 0 heterocycles. The molecule has 0 aliphatic carbocycles. The van der Waals surface area contributed by atoms with E-state index in [4.69, 9.17) is 4.52 Å². The molecule has 2 rings (SSSR count). The predicted molar refractivity (Wildman–Crippen MR) is 83.1 cm³/mol. The summed E-state index contributed by atoms with van der Waals surface area (Å²) in [6.45, 7) is -0.545. The van der Waals surface area contributed by atoms with Crippen molar-refractivity contribution in [1.82, 2.24) is 0 Å². The van der Waals surface area contributed by atoms with E-state index in [-0.39, 0.29) is 0 Å². The summed E-state index contributed by atoms with van der Waals surface area (Å²) in [6.07, 6.45) is -5.03. The monoisotopic (exact) mass is 328 g/mol. The van der Waals surface area contributed by atoms with Gasteiger partial charge in [-0.2, -0.15) is 0 Å². The molecule has 0 fully saturated rings.